The van der Waals surface area contributed by atoms with Crippen molar-refractivity contribution in [3.05, 3.63) is 59.7 Å². The molecule has 0 bridgehead atoms. The second kappa shape index (κ2) is 7.71. The Balaban J connectivity index is 2.13. The molecule has 2 aromatic rings. The highest BCUT2D eigenvalue weighted by atomic mass is 16.5. The van der Waals surface area contributed by atoms with Crippen LogP contribution in [0.1, 0.15) is 11.1 Å². The summed E-state index contributed by atoms with van der Waals surface area (Å²) in [5, 5.41) is 2.76. The van der Waals surface area contributed by atoms with Crippen LogP contribution >= 0.6 is 0 Å². The molecule has 0 radical (unpaired) electrons. The second-order valence-electron chi connectivity index (χ2n) is 4.66. The molecule has 0 atom stereocenters. The molecule has 1 N–H and O–H groups in total. The molecular weight excluding hydrogens is 290 g/mol. The molecule has 1 amide bonds. The lowest BCUT2D eigenvalue weighted by atomic mass is 10.1. The predicted octanol–water partition coefficient (Wildman–Crippen LogP) is 3.34. The van der Waals surface area contributed by atoms with E-state index < -0.39 is 0 Å². The number of amides is 1. The Labute approximate surface area is 135 Å². The molecular formula is C19H17NO3. The zero-order valence-electron chi connectivity index (χ0n) is 13.0. The first-order valence-corrected chi connectivity index (χ1v) is 6.94. The number of carbonyl (C=O) groups is 1. The first-order chi connectivity index (χ1) is 11.2. The number of terminal acetylenes is 1. The van der Waals surface area contributed by atoms with E-state index in [4.69, 9.17) is 15.9 Å². The van der Waals surface area contributed by atoms with E-state index in [9.17, 15) is 4.79 Å². The summed E-state index contributed by atoms with van der Waals surface area (Å²) in [5.74, 6) is 3.61. The summed E-state index contributed by atoms with van der Waals surface area (Å²) in [6.07, 6.45) is 8.44. The van der Waals surface area contributed by atoms with Crippen molar-refractivity contribution in [2.45, 2.75) is 0 Å². The van der Waals surface area contributed by atoms with E-state index in [2.05, 4.69) is 11.2 Å². The number of nitrogens with one attached hydrogen (secondary N) is 1. The van der Waals surface area contributed by atoms with Gasteiger partial charge in [0.15, 0.2) is 0 Å². The number of methoxy groups -OCH3 is 2. The van der Waals surface area contributed by atoms with Gasteiger partial charge in [-0.1, -0.05) is 12.0 Å². The minimum Gasteiger partial charge on any atom is -0.497 e. The van der Waals surface area contributed by atoms with Gasteiger partial charge in [-0.05, 0) is 42.5 Å². The van der Waals surface area contributed by atoms with Gasteiger partial charge in [0.05, 0.1) is 14.2 Å². The predicted molar refractivity (Wildman–Crippen MR) is 91.6 cm³/mol. The number of anilines is 1. The summed E-state index contributed by atoms with van der Waals surface area (Å²) in [5.41, 5.74) is 2.10. The molecule has 0 unspecified atom stereocenters. The van der Waals surface area contributed by atoms with E-state index in [1.807, 2.05) is 0 Å². The quantitative estimate of drug-likeness (QED) is 0.681. The van der Waals surface area contributed by atoms with Gasteiger partial charge >= 0.3 is 0 Å². The van der Waals surface area contributed by atoms with Crippen molar-refractivity contribution >= 4 is 17.7 Å². The maximum atomic E-state index is 12.0. The third kappa shape index (κ3) is 4.39. The van der Waals surface area contributed by atoms with E-state index in [0.29, 0.717) is 22.7 Å². The van der Waals surface area contributed by atoms with Crippen LogP contribution < -0.4 is 14.8 Å². The number of benzene rings is 2. The highest BCUT2D eigenvalue weighted by Crippen LogP contribution is 2.25. The maximum Gasteiger partial charge on any atom is 0.248 e. The topological polar surface area (TPSA) is 47.6 Å². The largest absolute Gasteiger partial charge is 0.497 e. The lowest BCUT2D eigenvalue weighted by Gasteiger charge is -2.07. The van der Waals surface area contributed by atoms with Gasteiger partial charge in [0.1, 0.15) is 11.5 Å². The molecule has 0 aromatic heterocycles. The lowest BCUT2D eigenvalue weighted by Crippen LogP contribution is -2.07. The zero-order valence-corrected chi connectivity index (χ0v) is 13.0. The highest BCUT2D eigenvalue weighted by Gasteiger charge is 2.03. The molecule has 2 aromatic carbocycles. The summed E-state index contributed by atoms with van der Waals surface area (Å²) in [6.45, 7) is 0. The fourth-order valence-corrected chi connectivity index (χ4v) is 2.01. The van der Waals surface area contributed by atoms with E-state index in [1.54, 1.807) is 62.8 Å². The zero-order chi connectivity index (χ0) is 16.7. The van der Waals surface area contributed by atoms with Crippen molar-refractivity contribution < 1.29 is 14.3 Å². The molecule has 0 heterocycles. The number of hydrogen-bond acceptors (Lipinski definition) is 3. The Morgan fingerprint density at radius 1 is 1.17 bits per heavy atom. The minimum absolute atomic E-state index is 0.260. The fourth-order valence-electron chi connectivity index (χ4n) is 2.01. The number of hydrogen-bond donors (Lipinski definition) is 1. The third-order valence-electron chi connectivity index (χ3n) is 3.15. The van der Waals surface area contributed by atoms with Gasteiger partial charge in [-0.25, -0.2) is 0 Å². The maximum absolute atomic E-state index is 12.0. The van der Waals surface area contributed by atoms with Crippen LogP contribution in [0.3, 0.4) is 0 Å². The van der Waals surface area contributed by atoms with Crippen LogP contribution in [0.25, 0.3) is 6.08 Å². The van der Waals surface area contributed by atoms with Crippen LogP contribution in [0.15, 0.2) is 48.5 Å². The third-order valence-corrected chi connectivity index (χ3v) is 3.15. The minimum atomic E-state index is -0.260. The standard InChI is InChI=1S/C19H17NO3/c1-4-14-6-5-7-16(12-14)20-19(21)11-8-15-13-17(22-2)9-10-18(15)23-3/h1,5-13H,2-3H3,(H,20,21)/b11-8+. The summed E-state index contributed by atoms with van der Waals surface area (Å²) in [6, 6.07) is 12.5. The van der Waals surface area contributed by atoms with Crippen LogP contribution in [-0.2, 0) is 4.79 Å². The lowest BCUT2D eigenvalue weighted by molar-refractivity contribution is -0.111. The van der Waals surface area contributed by atoms with Gasteiger partial charge < -0.3 is 14.8 Å². The van der Waals surface area contributed by atoms with E-state index in [1.165, 1.54) is 6.08 Å². The van der Waals surface area contributed by atoms with Gasteiger partial charge in [-0.15, -0.1) is 6.42 Å². The molecule has 4 nitrogen and oxygen atoms in total. The van der Waals surface area contributed by atoms with Crippen molar-refractivity contribution in [2.24, 2.45) is 0 Å². The van der Waals surface area contributed by atoms with Crippen LogP contribution in [-0.4, -0.2) is 20.1 Å². The van der Waals surface area contributed by atoms with Gasteiger partial charge in [-0.3, -0.25) is 4.79 Å². The summed E-state index contributed by atoms with van der Waals surface area (Å²) >= 11 is 0. The molecule has 0 saturated heterocycles. The van der Waals surface area contributed by atoms with E-state index in [-0.39, 0.29) is 5.91 Å². The average Bonchev–Trinajstić information content (AvgIpc) is 2.59. The molecule has 0 aliphatic carbocycles. The van der Waals surface area contributed by atoms with Crippen molar-refractivity contribution in [3.63, 3.8) is 0 Å². The van der Waals surface area contributed by atoms with Gasteiger partial charge in [0, 0.05) is 22.9 Å². The summed E-state index contributed by atoms with van der Waals surface area (Å²) in [4.78, 5) is 12.0. The SMILES string of the molecule is C#Cc1cccc(NC(=O)/C=C/c2cc(OC)ccc2OC)c1. The van der Waals surface area contributed by atoms with Crippen molar-refractivity contribution in [1.82, 2.24) is 0 Å². The van der Waals surface area contributed by atoms with Gasteiger partial charge in [0.25, 0.3) is 0 Å². The molecule has 116 valence electrons. The monoisotopic (exact) mass is 307 g/mol. The fraction of sp³-hybridized carbons (Fsp3) is 0.105. The highest BCUT2D eigenvalue weighted by molar-refractivity contribution is 6.02. The molecule has 0 spiro atoms. The van der Waals surface area contributed by atoms with Crippen LogP contribution in [0.5, 0.6) is 11.5 Å². The van der Waals surface area contributed by atoms with Gasteiger partial charge in [-0.2, -0.15) is 0 Å². The molecule has 0 aliphatic heterocycles. The summed E-state index contributed by atoms with van der Waals surface area (Å²) in [7, 11) is 3.16. The van der Waals surface area contributed by atoms with Crippen LogP contribution in [0.4, 0.5) is 5.69 Å². The van der Waals surface area contributed by atoms with Crippen LogP contribution in [0, 0.1) is 12.3 Å². The van der Waals surface area contributed by atoms with E-state index in [0.717, 1.165) is 5.56 Å². The van der Waals surface area contributed by atoms with Crippen molar-refractivity contribution in [3.8, 4) is 23.8 Å². The molecule has 23 heavy (non-hydrogen) atoms. The Morgan fingerprint density at radius 2 is 2.00 bits per heavy atom. The number of ether oxygens (including phenoxy) is 2. The smallest absolute Gasteiger partial charge is 0.248 e. The Bertz CT molecular complexity index is 772. The summed E-state index contributed by atoms with van der Waals surface area (Å²) < 4.78 is 10.4. The Hall–Kier alpha value is -3.19. The van der Waals surface area contributed by atoms with Crippen molar-refractivity contribution in [2.75, 3.05) is 19.5 Å². The van der Waals surface area contributed by atoms with Crippen molar-refractivity contribution in [1.29, 1.82) is 0 Å². The van der Waals surface area contributed by atoms with Crippen LogP contribution in [0.2, 0.25) is 0 Å². The van der Waals surface area contributed by atoms with E-state index >= 15 is 0 Å². The Kier molecular flexibility index (Phi) is 5.43. The molecule has 4 heteroatoms. The first-order valence-electron chi connectivity index (χ1n) is 6.94. The average molecular weight is 307 g/mol. The molecule has 0 fully saturated rings. The molecule has 0 saturated carbocycles. The molecule has 0 aliphatic rings. The molecule has 2 rings (SSSR count). The first kappa shape index (κ1) is 16.2. The number of rotatable bonds is 5. The normalized spacial score (nSPS) is 10.1. The number of carbonyl (C=O) groups excluding carboxylic acids is 1. The Morgan fingerprint density at radius 3 is 2.70 bits per heavy atom. The second-order valence-corrected chi connectivity index (χ2v) is 4.66. The van der Waals surface area contributed by atoms with Gasteiger partial charge in [0.2, 0.25) is 5.91 Å².